The van der Waals surface area contributed by atoms with E-state index in [1.54, 1.807) is 0 Å². The quantitative estimate of drug-likeness (QED) is 0.510. The van der Waals surface area contributed by atoms with Crippen molar-refractivity contribution >= 4 is 59.9 Å². The van der Waals surface area contributed by atoms with Crippen molar-refractivity contribution in [1.82, 2.24) is 0 Å². The van der Waals surface area contributed by atoms with Gasteiger partial charge in [0.05, 0.1) is 4.70 Å². The summed E-state index contributed by atoms with van der Waals surface area (Å²) >= 11 is 7.11. The van der Waals surface area contributed by atoms with E-state index in [0.29, 0.717) is 0 Å². The van der Waals surface area contributed by atoms with Gasteiger partial charge in [-0.2, -0.15) is 0 Å². The predicted octanol–water partition coefficient (Wildman–Crippen LogP) is 4.54. The molecule has 0 aliphatic carbocycles. The van der Waals surface area contributed by atoms with Crippen molar-refractivity contribution in [2.75, 3.05) is 0 Å². The highest BCUT2D eigenvalue weighted by Crippen LogP contribution is 2.33. The molecular formula is C9H5BrFIS. The molecule has 2 rings (SSSR count). The summed E-state index contributed by atoms with van der Waals surface area (Å²) in [6, 6.07) is 3.37. The van der Waals surface area contributed by atoms with Gasteiger partial charge in [0.2, 0.25) is 0 Å². The monoisotopic (exact) mass is 370 g/mol. The maximum Gasteiger partial charge on any atom is 0.141 e. The van der Waals surface area contributed by atoms with Crippen LogP contribution in [0.1, 0.15) is 5.56 Å². The molecule has 2 aromatic rings. The fourth-order valence-electron chi connectivity index (χ4n) is 1.26. The van der Waals surface area contributed by atoms with E-state index in [4.69, 9.17) is 0 Å². The first-order chi connectivity index (χ1) is 6.24. The number of alkyl halides is 1. The first-order valence-corrected chi connectivity index (χ1v) is 6.72. The molecule has 0 spiro atoms. The zero-order valence-corrected chi connectivity index (χ0v) is 11.0. The highest BCUT2D eigenvalue weighted by atomic mass is 127. The van der Waals surface area contributed by atoms with E-state index in [2.05, 4.69) is 38.5 Å². The van der Waals surface area contributed by atoms with Gasteiger partial charge in [0.1, 0.15) is 5.82 Å². The van der Waals surface area contributed by atoms with Crippen LogP contribution in [0.4, 0.5) is 4.39 Å². The minimum atomic E-state index is -0.118. The Bertz CT molecular complexity index is 452. The van der Waals surface area contributed by atoms with E-state index in [1.165, 1.54) is 17.4 Å². The molecule has 1 aromatic heterocycles. The fourth-order valence-corrected chi connectivity index (χ4v) is 3.78. The van der Waals surface area contributed by atoms with E-state index in [-0.39, 0.29) is 5.82 Å². The van der Waals surface area contributed by atoms with E-state index in [1.807, 2.05) is 11.4 Å². The number of hydrogen-bond acceptors (Lipinski definition) is 1. The average molecular weight is 371 g/mol. The number of fused-ring (bicyclic) bond motifs is 1. The van der Waals surface area contributed by atoms with Gasteiger partial charge in [-0.15, -0.1) is 11.3 Å². The molecule has 0 radical (unpaired) electrons. The SMILES string of the molecule is Fc1ccc(CBr)c2c(I)csc12. The maximum atomic E-state index is 13.3. The molecule has 0 atom stereocenters. The lowest BCUT2D eigenvalue weighted by Gasteiger charge is -1.99. The number of hydrogen-bond donors (Lipinski definition) is 0. The lowest BCUT2D eigenvalue weighted by atomic mass is 10.1. The van der Waals surface area contributed by atoms with E-state index in [0.717, 1.165) is 24.5 Å². The normalized spacial score (nSPS) is 11.0. The number of halogens is 3. The summed E-state index contributed by atoms with van der Waals surface area (Å²) in [5.74, 6) is -0.118. The first-order valence-electron chi connectivity index (χ1n) is 3.64. The molecule has 0 bridgehead atoms. The van der Waals surface area contributed by atoms with Crippen LogP contribution in [0.25, 0.3) is 10.1 Å². The molecule has 4 heteroatoms. The van der Waals surface area contributed by atoms with Gasteiger partial charge in [-0.25, -0.2) is 4.39 Å². The van der Waals surface area contributed by atoms with Gasteiger partial charge in [-0.3, -0.25) is 0 Å². The molecule has 0 unspecified atom stereocenters. The average Bonchev–Trinajstić information content (AvgIpc) is 2.51. The van der Waals surface area contributed by atoms with Gasteiger partial charge in [0.15, 0.2) is 0 Å². The van der Waals surface area contributed by atoms with Gasteiger partial charge >= 0.3 is 0 Å². The second-order valence-corrected chi connectivity index (χ2v) is 5.23. The molecule has 68 valence electrons. The molecule has 1 heterocycles. The van der Waals surface area contributed by atoms with Crippen LogP contribution in [0.3, 0.4) is 0 Å². The Hall–Kier alpha value is 0.320. The van der Waals surface area contributed by atoms with Crippen LogP contribution in [0.5, 0.6) is 0 Å². The minimum absolute atomic E-state index is 0.118. The summed E-state index contributed by atoms with van der Waals surface area (Å²) < 4.78 is 15.2. The van der Waals surface area contributed by atoms with Gasteiger partial charge in [-0.1, -0.05) is 22.0 Å². The van der Waals surface area contributed by atoms with Crippen LogP contribution in [0.2, 0.25) is 0 Å². The number of benzene rings is 1. The van der Waals surface area contributed by atoms with E-state index < -0.39 is 0 Å². The van der Waals surface area contributed by atoms with E-state index >= 15 is 0 Å². The molecule has 1 aromatic carbocycles. The molecular weight excluding hydrogens is 366 g/mol. The summed E-state index contributed by atoms with van der Waals surface area (Å²) in [4.78, 5) is 0. The van der Waals surface area contributed by atoms with Crippen molar-refractivity contribution in [2.45, 2.75) is 5.33 Å². The van der Waals surface area contributed by atoms with Crippen molar-refractivity contribution in [3.63, 3.8) is 0 Å². The summed E-state index contributed by atoms with van der Waals surface area (Å²) in [5, 5.41) is 3.82. The Labute approximate surface area is 101 Å². The molecule has 0 N–H and O–H groups in total. The van der Waals surface area contributed by atoms with Crippen LogP contribution >= 0.6 is 49.9 Å². The maximum absolute atomic E-state index is 13.3. The van der Waals surface area contributed by atoms with Gasteiger partial charge in [-0.05, 0) is 34.2 Å². The standard InChI is InChI=1S/C9H5BrFIS/c10-3-5-1-2-6(11)9-8(5)7(12)4-13-9/h1-2,4H,3H2. The van der Waals surface area contributed by atoms with Crippen molar-refractivity contribution in [1.29, 1.82) is 0 Å². The molecule has 0 aliphatic heterocycles. The Morgan fingerprint density at radius 2 is 2.23 bits per heavy atom. The number of rotatable bonds is 1. The highest BCUT2D eigenvalue weighted by Gasteiger charge is 2.09. The van der Waals surface area contributed by atoms with Crippen LogP contribution < -0.4 is 0 Å². The third-order valence-electron chi connectivity index (χ3n) is 1.86. The van der Waals surface area contributed by atoms with Crippen molar-refractivity contribution in [2.24, 2.45) is 0 Å². The first kappa shape index (κ1) is 9.86. The van der Waals surface area contributed by atoms with Crippen molar-refractivity contribution in [3.8, 4) is 0 Å². The second-order valence-electron chi connectivity index (χ2n) is 2.63. The molecule has 0 nitrogen and oxygen atoms in total. The molecule has 0 saturated carbocycles. The lowest BCUT2D eigenvalue weighted by Crippen LogP contribution is -1.82. The van der Waals surface area contributed by atoms with E-state index in [9.17, 15) is 4.39 Å². The van der Waals surface area contributed by atoms with Crippen molar-refractivity contribution in [3.05, 3.63) is 32.5 Å². The van der Waals surface area contributed by atoms with Crippen LogP contribution in [-0.4, -0.2) is 0 Å². The summed E-state index contributed by atoms with van der Waals surface area (Å²) in [6.07, 6.45) is 0. The van der Waals surface area contributed by atoms with Gasteiger partial charge in [0.25, 0.3) is 0 Å². The molecule has 13 heavy (non-hydrogen) atoms. The molecule has 0 fully saturated rings. The summed E-state index contributed by atoms with van der Waals surface area (Å²) in [5.41, 5.74) is 1.15. The summed E-state index contributed by atoms with van der Waals surface area (Å²) in [7, 11) is 0. The molecule has 0 amide bonds. The van der Waals surface area contributed by atoms with Gasteiger partial charge in [0, 0.05) is 19.7 Å². The Kier molecular flexibility index (Phi) is 2.90. The number of thiophene rings is 1. The Morgan fingerprint density at radius 3 is 2.92 bits per heavy atom. The van der Waals surface area contributed by atoms with Gasteiger partial charge < -0.3 is 0 Å². The Morgan fingerprint density at radius 1 is 1.46 bits per heavy atom. The zero-order chi connectivity index (χ0) is 9.42. The topological polar surface area (TPSA) is 0 Å². The smallest absolute Gasteiger partial charge is 0.141 e. The summed E-state index contributed by atoms with van der Waals surface area (Å²) in [6.45, 7) is 0. The largest absolute Gasteiger partial charge is 0.205 e. The van der Waals surface area contributed by atoms with Crippen LogP contribution in [-0.2, 0) is 5.33 Å². The fraction of sp³-hybridized carbons (Fsp3) is 0.111. The third-order valence-corrected chi connectivity index (χ3v) is 4.72. The van der Waals surface area contributed by atoms with Crippen LogP contribution in [0, 0.1) is 9.39 Å². The molecule has 0 aliphatic rings. The third kappa shape index (κ3) is 1.64. The van der Waals surface area contributed by atoms with Crippen LogP contribution in [0.15, 0.2) is 17.5 Å². The predicted molar refractivity (Wildman–Crippen MR) is 67.1 cm³/mol. The lowest BCUT2D eigenvalue weighted by molar-refractivity contribution is 0.641. The highest BCUT2D eigenvalue weighted by molar-refractivity contribution is 14.1. The zero-order valence-electron chi connectivity index (χ0n) is 6.48. The second kappa shape index (κ2) is 3.82. The van der Waals surface area contributed by atoms with Crippen molar-refractivity contribution < 1.29 is 4.39 Å². The molecule has 0 saturated heterocycles. The minimum Gasteiger partial charge on any atom is -0.205 e. The Balaban J connectivity index is 2.88.